The van der Waals surface area contributed by atoms with E-state index in [1.165, 1.54) is 38.9 Å². The molecule has 0 aliphatic rings. The summed E-state index contributed by atoms with van der Waals surface area (Å²) in [7, 11) is 1.69. The third-order valence-corrected chi connectivity index (χ3v) is 5.62. The van der Waals surface area contributed by atoms with E-state index in [2.05, 4.69) is 102 Å². The molecule has 0 saturated carbocycles. The molecule has 4 rings (SSSR count). The van der Waals surface area contributed by atoms with Crippen molar-refractivity contribution in [3.63, 3.8) is 0 Å². The zero-order valence-corrected chi connectivity index (χ0v) is 17.5. The van der Waals surface area contributed by atoms with Gasteiger partial charge in [0.1, 0.15) is 5.75 Å². The average molecular weight is 429 g/mol. The second-order valence-corrected chi connectivity index (χ2v) is 7.66. The molecule has 0 atom stereocenters. The van der Waals surface area contributed by atoms with Crippen molar-refractivity contribution in [2.75, 3.05) is 7.11 Å². The molecule has 0 unspecified atom stereocenters. The number of halogens is 1. The quantitative estimate of drug-likeness (QED) is 0.322. The van der Waals surface area contributed by atoms with E-state index in [0.29, 0.717) is 0 Å². The van der Waals surface area contributed by atoms with Gasteiger partial charge in [-0.3, -0.25) is 0 Å². The molecule has 2 heteroatoms. The standard InChI is InChI=1S/C26H21BrO/c1-18-8-10-21(11-9-18)25-23(19-12-14-22(28-2)15-13-19)16-17-24(27)26(25)20-6-4-3-5-7-20/h3-17H,1-2H3. The average Bonchev–Trinajstić information content (AvgIpc) is 2.75. The third kappa shape index (κ3) is 3.61. The van der Waals surface area contributed by atoms with Crippen LogP contribution in [0.25, 0.3) is 33.4 Å². The number of hydrogen-bond donors (Lipinski definition) is 0. The number of benzene rings is 4. The summed E-state index contributed by atoms with van der Waals surface area (Å²) in [5, 5.41) is 0. The Kier molecular flexibility index (Phi) is 5.31. The molecule has 0 amide bonds. The predicted molar refractivity (Wildman–Crippen MR) is 122 cm³/mol. The minimum absolute atomic E-state index is 0.862. The van der Waals surface area contributed by atoms with Gasteiger partial charge in [0.2, 0.25) is 0 Å². The van der Waals surface area contributed by atoms with E-state index >= 15 is 0 Å². The van der Waals surface area contributed by atoms with E-state index in [4.69, 9.17) is 4.74 Å². The Morgan fingerprint density at radius 1 is 0.607 bits per heavy atom. The maximum atomic E-state index is 5.34. The van der Waals surface area contributed by atoms with Crippen molar-refractivity contribution >= 4 is 15.9 Å². The molecule has 4 aromatic carbocycles. The van der Waals surface area contributed by atoms with E-state index in [9.17, 15) is 0 Å². The molecule has 0 aromatic heterocycles. The first-order valence-electron chi connectivity index (χ1n) is 9.27. The van der Waals surface area contributed by atoms with Crippen molar-refractivity contribution in [2.24, 2.45) is 0 Å². The Morgan fingerprint density at radius 2 is 1.21 bits per heavy atom. The highest BCUT2D eigenvalue weighted by Crippen LogP contribution is 2.44. The van der Waals surface area contributed by atoms with Crippen molar-refractivity contribution in [3.05, 3.63) is 101 Å². The maximum absolute atomic E-state index is 5.34. The van der Waals surface area contributed by atoms with Crippen LogP contribution in [0, 0.1) is 6.92 Å². The summed E-state index contributed by atoms with van der Waals surface area (Å²) in [6, 6.07) is 31.9. The van der Waals surface area contributed by atoms with Crippen LogP contribution in [0.5, 0.6) is 5.75 Å². The van der Waals surface area contributed by atoms with Crippen molar-refractivity contribution in [1.29, 1.82) is 0 Å². The SMILES string of the molecule is COc1ccc(-c2ccc(Br)c(-c3ccccc3)c2-c2ccc(C)cc2)cc1. The second kappa shape index (κ2) is 8.04. The van der Waals surface area contributed by atoms with Gasteiger partial charge < -0.3 is 4.74 Å². The lowest BCUT2D eigenvalue weighted by atomic mass is 9.87. The lowest BCUT2D eigenvalue weighted by Crippen LogP contribution is -1.92. The molecule has 0 heterocycles. The van der Waals surface area contributed by atoms with Crippen LogP contribution in [0.4, 0.5) is 0 Å². The maximum Gasteiger partial charge on any atom is 0.118 e. The molecule has 0 aliphatic heterocycles. The third-order valence-electron chi connectivity index (χ3n) is 4.96. The first-order valence-corrected chi connectivity index (χ1v) is 10.1. The van der Waals surface area contributed by atoms with Gasteiger partial charge in [0.05, 0.1) is 7.11 Å². The first kappa shape index (κ1) is 18.5. The lowest BCUT2D eigenvalue weighted by Gasteiger charge is -2.18. The predicted octanol–water partition coefficient (Wildman–Crippen LogP) is 7.77. The largest absolute Gasteiger partial charge is 0.497 e. The van der Waals surface area contributed by atoms with Crippen molar-refractivity contribution in [3.8, 4) is 39.1 Å². The van der Waals surface area contributed by atoms with E-state index in [1.807, 2.05) is 12.1 Å². The van der Waals surface area contributed by atoms with Crippen LogP contribution < -0.4 is 4.74 Å². The van der Waals surface area contributed by atoms with E-state index in [1.54, 1.807) is 7.11 Å². The fourth-order valence-electron chi connectivity index (χ4n) is 3.50. The molecule has 0 aliphatic carbocycles. The van der Waals surface area contributed by atoms with Gasteiger partial charge in [0, 0.05) is 10.0 Å². The molecular formula is C26H21BrO. The molecular weight excluding hydrogens is 408 g/mol. The summed E-state index contributed by atoms with van der Waals surface area (Å²) in [6.07, 6.45) is 0. The number of rotatable bonds is 4. The number of aryl methyl sites for hydroxylation is 1. The van der Waals surface area contributed by atoms with Gasteiger partial charge in [-0.1, -0.05) is 94.3 Å². The Balaban J connectivity index is 2.02. The molecule has 0 fully saturated rings. The van der Waals surface area contributed by atoms with Gasteiger partial charge in [-0.2, -0.15) is 0 Å². The van der Waals surface area contributed by atoms with Gasteiger partial charge in [-0.05, 0) is 52.9 Å². The molecule has 0 saturated heterocycles. The monoisotopic (exact) mass is 428 g/mol. The van der Waals surface area contributed by atoms with Gasteiger partial charge in [-0.15, -0.1) is 0 Å². The highest BCUT2D eigenvalue weighted by Gasteiger charge is 2.17. The Bertz CT molecular complexity index is 1080. The molecule has 28 heavy (non-hydrogen) atoms. The minimum atomic E-state index is 0.862. The first-order chi connectivity index (χ1) is 13.7. The van der Waals surface area contributed by atoms with Crippen LogP contribution in [0.1, 0.15) is 5.56 Å². The highest BCUT2D eigenvalue weighted by atomic mass is 79.9. The van der Waals surface area contributed by atoms with E-state index in [-0.39, 0.29) is 0 Å². The van der Waals surface area contributed by atoms with Crippen LogP contribution in [-0.4, -0.2) is 7.11 Å². The lowest BCUT2D eigenvalue weighted by molar-refractivity contribution is 0.415. The highest BCUT2D eigenvalue weighted by molar-refractivity contribution is 9.10. The van der Waals surface area contributed by atoms with Gasteiger partial charge in [-0.25, -0.2) is 0 Å². The van der Waals surface area contributed by atoms with Gasteiger partial charge in [0.15, 0.2) is 0 Å². The summed E-state index contributed by atoms with van der Waals surface area (Å²) in [4.78, 5) is 0. The summed E-state index contributed by atoms with van der Waals surface area (Å²) in [5.74, 6) is 0.862. The second-order valence-electron chi connectivity index (χ2n) is 6.81. The molecule has 4 aromatic rings. The molecule has 0 N–H and O–H groups in total. The Hall–Kier alpha value is -2.84. The summed E-state index contributed by atoms with van der Waals surface area (Å²) in [6.45, 7) is 2.12. The van der Waals surface area contributed by atoms with Crippen LogP contribution >= 0.6 is 15.9 Å². The van der Waals surface area contributed by atoms with Crippen LogP contribution in [0.15, 0.2) is 95.5 Å². The number of ether oxygens (including phenoxy) is 1. The van der Waals surface area contributed by atoms with Gasteiger partial charge >= 0.3 is 0 Å². The molecule has 0 bridgehead atoms. The van der Waals surface area contributed by atoms with Crippen LogP contribution in [0.3, 0.4) is 0 Å². The fourth-order valence-corrected chi connectivity index (χ4v) is 4.05. The smallest absolute Gasteiger partial charge is 0.118 e. The molecule has 0 spiro atoms. The topological polar surface area (TPSA) is 9.23 Å². The minimum Gasteiger partial charge on any atom is -0.497 e. The zero-order chi connectivity index (χ0) is 19.5. The van der Waals surface area contributed by atoms with Crippen LogP contribution in [0.2, 0.25) is 0 Å². The van der Waals surface area contributed by atoms with Crippen molar-refractivity contribution in [1.82, 2.24) is 0 Å². The Morgan fingerprint density at radius 3 is 1.86 bits per heavy atom. The van der Waals surface area contributed by atoms with Crippen molar-refractivity contribution < 1.29 is 4.74 Å². The van der Waals surface area contributed by atoms with Crippen molar-refractivity contribution in [2.45, 2.75) is 6.92 Å². The normalized spacial score (nSPS) is 10.7. The molecule has 1 nitrogen and oxygen atoms in total. The van der Waals surface area contributed by atoms with E-state index in [0.717, 1.165) is 10.2 Å². The molecule has 0 radical (unpaired) electrons. The summed E-state index contributed by atoms with van der Waals surface area (Å²) < 4.78 is 6.43. The zero-order valence-electron chi connectivity index (χ0n) is 15.9. The number of methoxy groups -OCH3 is 1. The summed E-state index contributed by atoms with van der Waals surface area (Å²) in [5.41, 5.74) is 8.46. The summed E-state index contributed by atoms with van der Waals surface area (Å²) >= 11 is 3.81. The Labute approximate surface area is 174 Å². The van der Waals surface area contributed by atoms with Crippen LogP contribution in [-0.2, 0) is 0 Å². The molecule has 138 valence electrons. The van der Waals surface area contributed by atoms with E-state index < -0.39 is 0 Å². The van der Waals surface area contributed by atoms with Gasteiger partial charge in [0.25, 0.3) is 0 Å². The fraction of sp³-hybridized carbons (Fsp3) is 0.0769. The number of hydrogen-bond acceptors (Lipinski definition) is 1.